The lowest BCUT2D eigenvalue weighted by molar-refractivity contribution is 0.261. The smallest absolute Gasteiger partial charge is 0.122 e. The van der Waals surface area contributed by atoms with E-state index in [1.54, 1.807) is 0 Å². The van der Waals surface area contributed by atoms with E-state index in [9.17, 15) is 0 Å². The van der Waals surface area contributed by atoms with Gasteiger partial charge in [0.25, 0.3) is 0 Å². The Labute approximate surface area is 131 Å². The van der Waals surface area contributed by atoms with E-state index in [-0.39, 0.29) is 5.54 Å². The number of halogens is 1. The van der Waals surface area contributed by atoms with Gasteiger partial charge in [0, 0.05) is 10.0 Å². The largest absolute Gasteiger partial charge is 0.493 e. The Bertz CT molecular complexity index is 439. The van der Waals surface area contributed by atoms with Gasteiger partial charge in [-0.25, -0.2) is 0 Å². The minimum absolute atomic E-state index is 0.227. The number of hydrogen-bond acceptors (Lipinski definition) is 2. The number of hydrogen-bond donors (Lipinski definition) is 1. The molecule has 2 nitrogen and oxygen atoms in total. The average Bonchev–Trinajstić information content (AvgIpc) is 2.88. The highest BCUT2D eigenvalue weighted by atomic mass is 79.9. The second kappa shape index (κ2) is 6.95. The summed E-state index contributed by atoms with van der Waals surface area (Å²) in [5, 5.41) is 3.75. The van der Waals surface area contributed by atoms with Gasteiger partial charge in [-0.3, -0.25) is 0 Å². The normalized spacial score (nSPS) is 22.4. The van der Waals surface area contributed by atoms with Crippen LogP contribution in [0.5, 0.6) is 5.75 Å². The summed E-state index contributed by atoms with van der Waals surface area (Å²) in [5.74, 6) is 1.67. The summed E-state index contributed by atoms with van der Waals surface area (Å²) in [7, 11) is 0. The third kappa shape index (κ3) is 3.56. The predicted molar refractivity (Wildman–Crippen MR) is 88.4 cm³/mol. The third-order valence-corrected chi connectivity index (χ3v) is 4.87. The van der Waals surface area contributed by atoms with E-state index in [0.717, 1.165) is 36.2 Å². The van der Waals surface area contributed by atoms with E-state index in [1.807, 2.05) is 0 Å². The SMILES string of the molecule is CCCOc1ccc(Br)cc1CC1(C(C)C)CCCN1. The molecule has 1 N–H and O–H groups in total. The fourth-order valence-electron chi connectivity index (χ4n) is 3.06. The maximum absolute atomic E-state index is 5.93. The quantitative estimate of drug-likeness (QED) is 0.820. The maximum atomic E-state index is 5.93. The van der Waals surface area contributed by atoms with Crippen molar-refractivity contribution in [2.45, 2.75) is 52.0 Å². The van der Waals surface area contributed by atoms with Crippen molar-refractivity contribution in [1.29, 1.82) is 0 Å². The number of nitrogens with one attached hydrogen (secondary N) is 1. The zero-order valence-electron chi connectivity index (χ0n) is 12.8. The number of benzene rings is 1. The molecule has 1 unspecified atom stereocenters. The van der Waals surface area contributed by atoms with Crippen LogP contribution in [0.1, 0.15) is 45.6 Å². The molecule has 0 amide bonds. The van der Waals surface area contributed by atoms with Crippen LogP contribution in [-0.4, -0.2) is 18.7 Å². The van der Waals surface area contributed by atoms with Gasteiger partial charge in [-0.15, -0.1) is 0 Å². The first-order valence-corrected chi connectivity index (χ1v) is 8.53. The molecule has 0 radical (unpaired) electrons. The van der Waals surface area contributed by atoms with Gasteiger partial charge in [0.2, 0.25) is 0 Å². The molecule has 0 aromatic heterocycles. The zero-order chi connectivity index (χ0) is 14.6. The minimum Gasteiger partial charge on any atom is -0.493 e. The molecular weight excluding hydrogens is 314 g/mol. The molecular formula is C17H26BrNO. The molecule has 112 valence electrons. The molecule has 2 rings (SSSR count). The first-order chi connectivity index (χ1) is 9.57. The van der Waals surface area contributed by atoms with Crippen LogP contribution >= 0.6 is 15.9 Å². The van der Waals surface area contributed by atoms with Crippen molar-refractivity contribution < 1.29 is 4.74 Å². The van der Waals surface area contributed by atoms with Crippen molar-refractivity contribution in [3.05, 3.63) is 28.2 Å². The topological polar surface area (TPSA) is 21.3 Å². The highest BCUT2D eigenvalue weighted by Gasteiger charge is 2.37. The van der Waals surface area contributed by atoms with Gasteiger partial charge in [-0.05, 0) is 61.9 Å². The van der Waals surface area contributed by atoms with E-state index in [2.05, 4.69) is 60.2 Å². The molecule has 1 aliphatic rings. The van der Waals surface area contributed by atoms with Crippen LogP contribution in [0, 0.1) is 5.92 Å². The molecule has 1 aromatic carbocycles. The maximum Gasteiger partial charge on any atom is 0.122 e. The van der Waals surface area contributed by atoms with E-state index >= 15 is 0 Å². The van der Waals surface area contributed by atoms with Crippen molar-refractivity contribution in [2.75, 3.05) is 13.2 Å². The van der Waals surface area contributed by atoms with E-state index in [1.165, 1.54) is 18.4 Å². The highest BCUT2D eigenvalue weighted by Crippen LogP contribution is 2.35. The van der Waals surface area contributed by atoms with Gasteiger partial charge < -0.3 is 10.1 Å². The highest BCUT2D eigenvalue weighted by molar-refractivity contribution is 9.10. The summed E-state index contributed by atoms with van der Waals surface area (Å²) >= 11 is 3.59. The van der Waals surface area contributed by atoms with Crippen molar-refractivity contribution in [3.8, 4) is 5.75 Å². The molecule has 1 aromatic rings. The first kappa shape index (κ1) is 15.8. The molecule has 3 heteroatoms. The standard InChI is InChI=1S/C17H26BrNO/c1-4-10-20-16-7-6-15(18)11-14(16)12-17(13(2)3)8-5-9-19-17/h6-7,11,13,19H,4-5,8-10,12H2,1-3H3. The lowest BCUT2D eigenvalue weighted by atomic mass is 9.79. The molecule has 0 aliphatic carbocycles. The van der Waals surface area contributed by atoms with Gasteiger partial charge >= 0.3 is 0 Å². The predicted octanol–water partition coefficient (Wildman–Crippen LogP) is 4.56. The van der Waals surface area contributed by atoms with E-state index in [4.69, 9.17) is 4.74 Å². The Morgan fingerprint density at radius 1 is 1.40 bits per heavy atom. The summed E-state index contributed by atoms with van der Waals surface area (Å²) in [6.45, 7) is 8.71. The lowest BCUT2D eigenvalue weighted by Gasteiger charge is -2.34. The Balaban J connectivity index is 2.24. The van der Waals surface area contributed by atoms with Gasteiger partial charge in [-0.2, -0.15) is 0 Å². The van der Waals surface area contributed by atoms with Gasteiger partial charge in [-0.1, -0.05) is 36.7 Å². The van der Waals surface area contributed by atoms with Gasteiger partial charge in [0.1, 0.15) is 5.75 Å². The average molecular weight is 340 g/mol. The van der Waals surface area contributed by atoms with Crippen molar-refractivity contribution in [2.24, 2.45) is 5.92 Å². The second-order valence-corrected chi connectivity index (χ2v) is 7.03. The van der Waals surface area contributed by atoms with Crippen LogP contribution in [0.15, 0.2) is 22.7 Å². The molecule has 1 atom stereocenters. The molecule has 0 bridgehead atoms. The van der Waals surface area contributed by atoms with Crippen molar-refractivity contribution in [3.63, 3.8) is 0 Å². The van der Waals surface area contributed by atoms with Gasteiger partial charge in [0.05, 0.1) is 6.61 Å². The minimum atomic E-state index is 0.227. The summed E-state index contributed by atoms with van der Waals surface area (Å²) < 4.78 is 7.06. The van der Waals surface area contributed by atoms with Crippen molar-refractivity contribution >= 4 is 15.9 Å². The molecule has 0 saturated carbocycles. The lowest BCUT2D eigenvalue weighted by Crippen LogP contribution is -2.46. The molecule has 1 fully saturated rings. The molecule has 0 spiro atoms. The van der Waals surface area contributed by atoms with Crippen LogP contribution in [0.25, 0.3) is 0 Å². The monoisotopic (exact) mass is 339 g/mol. The van der Waals surface area contributed by atoms with E-state index in [0.29, 0.717) is 5.92 Å². The molecule has 1 heterocycles. The van der Waals surface area contributed by atoms with Crippen LogP contribution in [0.4, 0.5) is 0 Å². The summed E-state index contributed by atoms with van der Waals surface area (Å²) in [6, 6.07) is 6.38. The van der Waals surface area contributed by atoms with Crippen molar-refractivity contribution in [1.82, 2.24) is 5.32 Å². The van der Waals surface area contributed by atoms with E-state index < -0.39 is 0 Å². The molecule has 1 saturated heterocycles. The Morgan fingerprint density at radius 2 is 2.20 bits per heavy atom. The first-order valence-electron chi connectivity index (χ1n) is 7.73. The number of ether oxygens (including phenoxy) is 1. The summed E-state index contributed by atoms with van der Waals surface area (Å²) in [5.41, 5.74) is 1.54. The Kier molecular flexibility index (Phi) is 5.50. The second-order valence-electron chi connectivity index (χ2n) is 6.12. The Hall–Kier alpha value is -0.540. The van der Waals surface area contributed by atoms with Crippen LogP contribution in [0.2, 0.25) is 0 Å². The summed E-state index contributed by atoms with van der Waals surface area (Å²) in [4.78, 5) is 0. The Morgan fingerprint density at radius 3 is 2.80 bits per heavy atom. The van der Waals surface area contributed by atoms with Crippen LogP contribution in [0.3, 0.4) is 0 Å². The fraction of sp³-hybridized carbons (Fsp3) is 0.647. The van der Waals surface area contributed by atoms with Crippen LogP contribution in [-0.2, 0) is 6.42 Å². The fourth-order valence-corrected chi connectivity index (χ4v) is 3.46. The molecule has 20 heavy (non-hydrogen) atoms. The summed E-state index contributed by atoms with van der Waals surface area (Å²) in [6.07, 6.45) is 4.62. The zero-order valence-corrected chi connectivity index (χ0v) is 14.4. The molecule has 1 aliphatic heterocycles. The van der Waals surface area contributed by atoms with Crippen LogP contribution < -0.4 is 10.1 Å². The number of rotatable bonds is 6. The third-order valence-electron chi connectivity index (χ3n) is 4.37. The van der Waals surface area contributed by atoms with Gasteiger partial charge in [0.15, 0.2) is 0 Å².